The molecule has 0 atom stereocenters. The lowest BCUT2D eigenvalue weighted by Crippen LogP contribution is -2.25. The molecule has 0 unspecified atom stereocenters. The summed E-state index contributed by atoms with van der Waals surface area (Å²) < 4.78 is 26.5. The van der Waals surface area contributed by atoms with Crippen LogP contribution in [-0.2, 0) is 0 Å². The smallest absolute Gasteiger partial charge is 0.159 e. The van der Waals surface area contributed by atoms with E-state index in [-0.39, 0.29) is 9.52 Å². The molecule has 0 amide bonds. The van der Waals surface area contributed by atoms with Crippen LogP contribution in [0.1, 0.15) is 69.8 Å². The zero-order chi connectivity index (χ0) is 16.2. The predicted molar refractivity (Wildman–Crippen MR) is 95.8 cm³/mol. The van der Waals surface area contributed by atoms with Crippen molar-refractivity contribution in [3.05, 3.63) is 35.4 Å². The average Bonchev–Trinajstić information content (AvgIpc) is 2.59. The second-order valence-electron chi connectivity index (χ2n) is 7.85. The topological polar surface area (TPSA) is 0 Å². The van der Waals surface area contributed by atoms with Gasteiger partial charge in [-0.25, -0.2) is 8.78 Å². The van der Waals surface area contributed by atoms with E-state index in [4.69, 9.17) is 0 Å². The Morgan fingerprint density at radius 2 is 1.48 bits per heavy atom. The number of hydrogen-bond donors (Lipinski definition) is 0. The summed E-state index contributed by atoms with van der Waals surface area (Å²) in [6, 6.07) is 5.95. The third-order valence-corrected chi connectivity index (χ3v) is 8.65. The van der Waals surface area contributed by atoms with Gasteiger partial charge in [0.1, 0.15) is 0 Å². The van der Waals surface area contributed by atoms with E-state index in [0.717, 1.165) is 35.8 Å². The van der Waals surface area contributed by atoms with Gasteiger partial charge in [-0.15, -0.1) is 0 Å². The summed E-state index contributed by atoms with van der Waals surface area (Å²) in [5, 5.41) is 0. The van der Waals surface area contributed by atoms with E-state index in [1.165, 1.54) is 56.7 Å². The number of rotatable bonds is 4. The maximum atomic E-state index is 13.4. The average molecular weight is 337 g/mol. The number of halogens is 2. The molecule has 2 fully saturated rings. The van der Waals surface area contributed by atoms with E-state index in [9.17, 15) is 8.78 Å². The first-order chi connectivity index (χ1) is 11.2. The van der Waals surface area contributed by atoms with Gasteiger partial charge in [0.25, 0.3) is 0 Å². The van der Waals surface area contributed by atoms with Crippen molar-refractivity contribution in [2.75, 3.05) is 0 Å². The molecule has 0 aliphatic heterocycles. The van der Waals surface area contributed by atoms with E-state index in [0.29, 0.717) is 5.92 Å². The largest absolute Gasteiger partial charge is 0.204 e. The van der Waals surface area contributed by atoms with E-state index in [1.807, 2.05) is 0 Å². The van der Waals surface area contributed by atoms with Crippen LogP contribution in [0.5, 0.6) is 0 Å². The van der Waals surface area contributed by atoms with Crippen molar-refractivity contribution < 1.29 is 8.78 Å². The summed E-state index contributed by atoms with van der Waals surface area (Å²) in [5.74, 6) is 0.854. The Morgan fingerprint density at radius 1 is 0.870 bits per heavy atom. The Bertz CT molecular complexity index is 500. The minimum atomic E-state index is -0.727. The highest BCUT2D eigenvalue weighted by atomic mass is 28.2. The zero-order valence-electron chi connectivity index (χ0n) is 14.4. The molecule has 0 heterocycles. The van der Waals surface area contributed by atoms with Gasteiger partial charge < -0.3 is 0 Å². The predicted octanol–water partition coefficient (Wildman–Crippen LogP) is 5.82. The van der Waals surface area contributed by atoms with Gasteiger partial charge in [-0.2, -0.15) is 0 Å². The quantitative estimate of drug-likeness (QED) is 0.607. The zero-order valence-corrected chi connectivity index (χ0v) is 15.8. The molecule has 0 spiro atoms. The molecule has 2 saturated carbocycles. The summed E-state index contributed by atoms with van der Waals surface area (Å²) in [7, 11) is 0.208. The Hall–Kier alpha value is -0.703. The molecular weight excluding hydrogens is 306 g/mol. The first-order valence-corrected chi connectivity index (χ1v) is 11.4. The fourth-order valence-electron chi connectivity index (χ4n) is 5.05. The van der Waals surface area contributed by atoms with Crippen molar-refractivity contribution in [2.24, 2.45) is 11.8 Å². The fraction of sp³-hybridized carbons (Fsp3) is 0.700. The molecule has 0 saturated heterocycles. The monoisotopic (exact) mass is 336 g/mol. The van der Waals surface area contributed by atoms with Gasteiger partial charge in [-0.05, 0) is 61.1 Å². The minimum absolute atomic E-state index is 0.208. The standard InChI is InChI=1S/C20H30F2Si/c1-2-23-18-10-7-15(8-11-18)14-3-5-16(6-4-14)17-9-12-19(21)20(22)13-17/h9,12-16,18H,2-8,10-11,23H2,1H3/t14-,15-,16-,18-. The molecule has 23 heavy (non-hydrogen) atoms. The van der Waals surface area contributed by atoms with E-state index in [1.54, 1.807) is 6.07 Å². The van der Waals surface area contributed by atoms with Crippen molar-refractivity contribution in [3.8, 4) is 0 Å². The lowest BCUT2D eigenvalue weighted by molar-refractivity contribution is 0.185. The Morgan fingerprint density at radius 3 is 2.04 bits per heavy atom. The first-order valence-electron chi connectivity index (χ1n) is 9.62. The van der Waals surface area contributed by atoms with Gasteiger partial charge in [0.15, 0.2) is 11.6 Å². The van der Waals surface area contributed by atoms with Crippen LogP contribution in [0.3, 0.4) is 0 Å². The molecule has 2 aliphatic carbocycles. The normalized spacial score (nSPS) is 32.5. The molecule has 3 heteroatoms. The SMILES string of the molecule is CC[SiH2][C@H]1CC[C@H]([C@H]2CC[C@H](c3ccc(F)c(F)c3)CC2)CC1. The summed E-state index contributed by atoms with van der Waals surface area (Å²) in [4.78, 5) is 0. The lowest BCUT2D eigenvalue weighted by Gasteiger charge is -2.38. The van der Waals surface area contributed by atoms with Gasteiger partial charge in [-0.1, -0.05) is 50.3 Å². The third kappa shape index (κ3) is 4.23. The second-order valence-corrected chi connectivity index (χ2v) is 10.6. The van der Waals surface area contributed by atoms with Crippen molar-refractivity contribution in [3.63, 3.8) is 0 Å². The van der Waals surface area contributed by atoms with Crippen LogP contribution < -0.4 is 0 Å². The molecule has 0 aromatic heterocycles. The third-order valence-electron chi connectivity index (χ3n) is 6.44. The summed E-state index contributed by atoms with van der Waals surface area (Å²) >= 11 is 0. The van der Waals surface area contributed by atoms with Crippen LogP contribution >= 0.6 is 0 Å². The molecule has 0 bridgehead atoms. The molecule has 0 nitrogen and oxygen atoms in total. The lowest BCUT2D eigenvalue weighted by atomic mass is 9.70. The molecule has 2 aliphatic rings. The molecule has 1 aromatic carbocycles. The Kier molecular flexibility index (Phi) is 5.89. The molecule has 3 rings (SSSR count). The van der Waals surface area contributed by atoms with Gasteiger partial charge in [0, 0.05) is 9.52 Å². The van der Waals surface area contributed by atoms with Crippen LogP contribution in [0.2, 0.25) is 11.6 Å². The van der Waals surface area contributed by atoms with Crippen LogP contribution in [0.15, 0.2) is 18.2 Å². The van der Waals surface area contributed by atoms with Crippen molar-refractivity contribution in [2.45, 2.75) is 75.8 Å². The van der Waals surface area contributed by atoms with Gasteiger partial charge in [-0.3, -0.25) is 0 Å². The van der Waals surface area contributed by atoms with Crippen LogP contribution in [-0.4, -0.2) is 9.52 Å². The Balaban J connectivity index is 1.50. The van der Waals surface area contributed by atoms with Gasteiger partial charge >= 0.3 is 0 Å². The number of hydrogen-bond acceptors (Lipinski definition) is 0. The summed E-state index contributed by atoms with van der Waals surface area (Å²) in [6.07, 6.45) is 10.8. The van der Waals surface area contributed by atoms with Gasteiger partial charge in [0.05, 0.1) is 0 Å². The Labute approximate surface area is 141 Å². The van der Waals surface area contributed by atoms with Crippen LogP contribution in [0, 0.1) is 23.5 Å². The van der Waals surface area contributed by atoms with Gasteiger partial charge in [0.2, 0.25) is 0 Å². The highest BCUT2D eigenvalue weighted by molar-refractivity contribution is 6.37. The highest BCUT2D eigenvalue weighted by Crippen LogP contribution is 2.45. The second kappa shape index (κ2) is 7.91. The van der Waals surface area contributed by atoms with Crippen molar-refractivity contribution >= 4 is 9.52 Å². The maximum Gasteiger partial charge on any atom is 0.159 e. The summed E-state index contributed by atoms with van der Waals surface area (Å²) in [5.41, 5.74) is 2.12. The molecule has 128 valence electrons. The van der Waals surface area contributed by atoms with E-state index >= 15 is 0 Å². The minimum Gasteiger partial charge on any atom is -0.204 e. The van der Waals surface area contributed by atoms with Crippen molar-refractivity contribution in [1.29, 1.82) is 0 Å². The molecule has 0 radical (unpaired) electrons. The van der Waals surface area contributed by atoms with E-state index in [2.05, 4.69) is 6.92 Å². The fourth-order valence-corrected chi connectivity index (χ4v) is 6.91. The highest BCUT2D eigenvalue weighted by Gasteiger charge is 2.31. The number of benzene rings is 1. The van der Waals surface area contributed by atoms with Crippen LogP contribution in [0.25, 0.3) is 0 Å². The molecule has 1 aromatic rings. The van der Waals surface area contributed by atoms with E-state index < -0.39 is 11.6 Å². The summed E-state index contributed by atoms with van der Waals surface area (Å²) in [6.45, 7) is 2.36. The first kappa shape index (κ1) is 17.1. The maximum absolute atomic E-state index is 13.4. The van der Waals surface area contributed by atoms with Crippen molar-refractivity contribution in [1.82, 2.24) is 0 Å². The molecule has 0 N–H and O–H groups in total. The van der Waals surface area contributed by atoms with Crippen LogP contribution in [0.4, 0.5) is 8.78 Å². The molecular formula is C20H30F2Si.